The molecule has 7 heteroatoms. The Morgan fingerprint density at radius 1 is 1.14 bits per heavy atom. The molecule has 1 fully saturated rings. The molecule has 1 unspecified atom stereocenters. The van der Waals surface area contributed by atoms with Crippen molar-refractivity contribution in [1.29, 1.82) is 0 Å². The van der Waals surface area contributed by atoms with Crippen LogP contribution in [0.25, 0.3) is 0 Å². The first kappa shape index (κ1) is 20.9. The fourth-order valence-corrected chi connectivity index (χ4v) is 3.31. The van der Waals surface area contributed by atoms with Gasteiger partial charge in [0.05, 0.1) is 0 Å². The summed E-state index contributed by atoms with van der Waals surface area (Å²) in [7, 11) is 1.79. The SMILES string of the molecule is CCC(C)NC(=NC)NCc1ccnc(N2CCN(c3ccc(F)cc3)CC2)c1. The van der Waals surface area contributed by atoms with E-state index >= 15 is 0 Å². The fourth-order valence-electron chi connectivity index (χ4n) is 3.31. The van der Waals surface area contributed by atoms with Crippen molar-refractivity contribution >= 4 is 17.5 Å². The molecular formula is C22H31FN6. The average molecular weight is 399 g/mol. The highest BCUT2D eigenvalue weighted by Crippen LogP contribution is 2.20. The highest BCUT2D eigenvalue weighted by atomic mass is 19.1. The normalized spacial score (nSPS) is 15.9. The Morgan fingerprint density at radius 2 is 1.83 bits per heavy atom. The minimum absolute atomic E-state index is 0.197. The molecule has 3 rings (SSSR count). The Bertz CT molecular complexity index is 799. The van der Waals surface area contributed by atoms with Crippen molar-refractivity contribution in [3.63, 3.8) is 0 Å². The summed E-state index contributed by atoms with van der Waals surface area (Å²) in [5.41, 5.74) is 2.24. The quantitative estimate of drug-likeness (QED) is 0.579. The van der Waals surface area contributed by atoms with E-state index in [1.54, 1.807) is 7.05 Å². The van der Waals surface area contributed by atoms with E-state index in [0.29, 0.717) is 12.6 Å². The number of aliphatic imine (C=N–C) groups is 1. The second kappa shape index (κ2) is 10.1. The molecule has 1 saturated heterocycles. The van der Waals surface area contributed by atoms with Crippen LogP contribution >= 0.6 is 0 Å². The molecule has 29 heavy (non-hydrogen) atoms. The topological polar surface area (TPSA) is 55.8 Å². The van der Waals surface area contributed by atoms with Gasteiger partial charge in [-0.25, -0.2) is 9.37 Å². The Balaban J connectivity index is 1.55. The van der Waals surface area contributed by atoms with Crippen molar-refractivity contribution < 1.29 is 4.39 Å². The van der Waals surface area contributed by atoms with Gasteiger partial charge in [0.15, 0.2) is 5.96 Å². The number of guanidine groups is 1. The average Bonchev–Trinajstić information content (AvgIpc) is 2.77. The summed E-state index contributed by atoms with van der Waals surface area (Å²) in [6, 6.07) is 11.3. The Kier molecular flexibility index (Phi) is 7.27. The Hall–Kier alpha value is -2.83. The van der Waals surface area contributed by atoms with Crippen LogP contribution in [0.4, 0.5) is 15.9 Å². The maximum absolute atomic E-state index is 13.1. The summed E-state index contributed by atoms with van der Waals surface area (Å²) in [4.78, 5) is 13.4. The van der Waals surface area contributed by atoms with E-state index < -0.39 is 0 Å². The molecule has 0 amide bonds. The van der Waals surface area contributed by atoms with Crippen LogP contribution in [-0.4, -0.2) is 50.2 Å². The largest absolute Gasteiger partial charge is 0.368 e. The molecule has 0 aliphatic carbocycles. The van der Waals surface area contributed by atoms with Gasteiger partial charge >= 0.3 is 0 Å². The van der Waals surface area contributed by atoms with E-state index in [9.17, 15) is 4.39 Å². The van der Waals surface area contributed by atoms with E-state index in [2.05, 4.69) is 50.3 Å². The molecule has 2 heterocycles. The van der Waals surface area contributed by atoms with Crippen molar-refractivity contribution in [3.05, 3.63) is 54.0 Å². The number of halogens is 1. The van der Waals surface area contributed by atoms with Crippen LogP contribution in [0, 0.1) is 5.82 Å². The van der Waals surface area contributed by atoms with Crippen molar-refractivity contribution in [2.24, 2.45) is 4.99 Å². The lowest BCUT2D eigenvalue weighted by Crippen LogP contribution is -2.46. The zero-order chi connectivity index (χ0) is 20.6. The molecule has 1 aliphatic heterocycles. The van der Waals surface area contributed by atoms with Gasteiger partial charge in [0.2, 0.25) is 0 Å². The van der Waals surface area contributed by atoms with Gasteiger partial charge in [-0.3, -0.25) is 4.99 Å². The molecule has 0 saturated carbocycles. The smallest absolute Gasteiger partial charge is 0.191 e. The predicted octanol–water partition coefficient (Wildman–Crippen LogP) is 3.01. The summed E-state index contributed by atoms with van der Waals surface area (Å²) in [6.07, 6.45) is 2.91. The third kappa shape index (κ3) is 5.82. The van der Waals surface area contributed by atoms with Crippen molar-refractivity contribution in [2.45, 2.75) is 32.9 Å². The maximum Gasteiger partial charge on any atom is 0.191 e. The van der Waals surface area contributed by atoms with Crippen LogP contribution in [0.15, 0.2) is 47.6 Å². The molecule has 0 bridgehead atoms. The number of anilines is 2. The Labute approximate surface area is 172 Å². The monoisotopic (exact) mass is 398 g/mol. The van der Waals surface area contributed by atoms with Crippen LogP contribution in [0.2, 0.25) is 0 Å². The summed E-state index contributed by atoms with van der Waals surface area (Å²) >= 11 is 0. The number of rotatable bonds is 6. The van der Waals surface area contributed by atoms with E-state index in [-0.39, 0.29) is 5.82 Å². The molecule has 2 N–H and O–H groups in total. The van der Waals surface area contributed by atoms with Gasteiger partial charge in [0, 0.05) is 57.7 Å². The minimum atomic E-state index is -0.197. The second-order valence-electron chi connectivity index (χ2n) is 7.35. The number of piperazine rings is 1. The van der Waals surface area contributed by atoms with Crippen molar-refractivity contribution in [1.82, 2.24) is 15.6 Å². The molecule has 1 aliphatic rings. The number of hydrogen-bond acceptors (Lipinski definition) is 4. The maximum atomic E-state index is 13.1. The first-order valence-electron chi connectivity index (χ1n) is 10.3. The Morgan fingerprint density at radius 3 is 2.48 bits per heavy atom. The third-order valence-corrected chi connectivity index (χ3v) is 5.28. The van der Waals surface area contributed by atoms with Gasteiger partial charge in [-0.15, -0.1) is 0 Å². The zero-order valence-electron chi connectivity index (χ0n) is 17.5. The van der Waals surface area contributed by atoms with Gasteiger partial charge in [-0.1, -0.05) is 6.92 Å². The van der Waals surface area contributed by atoms with Gasteiger partial charge in [-0.05, 0) is 55.3 Å². The van der Waals surface area contributed by atoms with E-state index in [1.165, 1.54) is 17.7 Å². The number of benzene rings is 1. The van der Waals surface area contributed by atoms with Crippen molar-refractivity contribution in [3.8, 4) is 0 Å². The fraction of sp³-hybridized carbons (Fsp3) is 0.455. The van der Waals surface area contributed by atoms with Gasteiger partial charge in [-0.2, -0.15) is 0 Å². The van der Waals surface area contributed by atoms with Crippen LogP contribution in [-0.2, 0) is 6.54 Å². The molecule has 1 atom stereocenters. The summed E-state index contributed by atoms with van der Waals surface area (Å²) in [5, 5.41) is 6.74. The lowest BCUT2D eigenvalue weighted by atomic mass is 10.2. The molecule has 0 spiro atoms. The summed E-state index contributed by atoms with van der Waals surface area (Å²) < 4.78 is 13.1. The number of aromatic nitrogens is 1. The van der Waals surface area contributed by atoms with Crippen LogP contribution in [0.5, 0.6) is 0 Å². The first-order chi connectivity index (χ1) is 14.1. The molecule has 0 radical (unpaired) electrons. The van der Waals surface area contributed by atoms with Crippen LogP contribution in [0.3, 0.4) is 0 Å². The highest BCUT2D eigenvalue weighted by Gasteiger charge is 2.18. The molecule has 2 aromatic rings. The summed E-state index contributed by atoms with van der Waals surface area (Å²) in [6.45, 7) is 8.54. The second-order valence-corrected chi connectivity index (χ2v) is 7.35. The highest BCUT2D eigenvalue weighted by molar-refractivity contribution is 5.79. The van der Waals surface area contributed by atoms with Crippen molar-refractivity contribution in [2.75, 3.05) is 43.0 Å². The van der Waals surface area contributed by atoms with E-state index in [0.717, 1.165) is 50.1 Å². The predicted molar refractivity (Wildman–Crippen MR) is 118 cm³/mol. The van der Waals surface area contributed by atoms with E-state index in [4.69, 9.17) is 0 Å². The standard InChI is InChI=1S/C22H31FN6/c1-4-17(2)27-22(24-3)26-16-18-9-10-25-21(15-18)29-13-11-28(12-14-29)20-7-5-19(23)6-8-20/h5-10,15,17H,4,11-14,16H2,1-3H3,(H2,24,26,27). The molecular weight excluding hydrogens is 367 g/mol. The molecule has 6 nitrogen and oxygen atoms in total. The lowest BCUT2D eigenvalue weighted by molar-refractivity contribution is 0.623. The third-order valence-electron chi connectivity index (χ3n) is 5.28. The number of pyridine rings is 1. The minimum Gasteiger partial charge on any atom is -0.368 e. The van der Waals surface area contributed by atoms with Gasteiger partial charge in [0.25, 0.3) is 0 Å². The molecule has 1 aromatic heterocycles. The molecule has 1 aromatic carbocycles. The van der Waals surface area contributed by atoms with Gasteiger partial charge < -0.3 is 20.4 Å². The van der Waals surface area contributed by atoms with Gasteiger partial charge in [0.1, 0.15) is 11.6 Å². The number of hydrogen-bond donors (Lipinski definition) is 2. The molecule has 156 valence electrons. The summed E-state index contributed by atoms with van der Waals surface area (Å²) in [5.74, 6) is 1.61. The lowest BCUT2D eigenvalue weighted by Gasteiger charge is -2.36. The van der Waals surface area contributed by atoms with Crippen LogP contribution < -0.4 is 20.4 Å². The number of nitrogens with one attached hydrogen (secondary N) is 2. The van der Waals surface area contributed by atoms with E-state index in [1.807, 2.05) is 24.4 Å². The first-order valence-corrected chi connectivity index (χ1v) is 10.3. The number of nitrogens with zero attached hydrogens (tertiary/aromatic N) is 4. The zero-order valence-corrected chi connectivity index (χ0v) is 17.5. The van der Waals surface area contributed by atoms with Crippen LogP contribution in [0.1, 0.15) is 25.8 Å².